The first-order valence-corrected chi connectivity index (χ1v) is 7.05. The smallest absolute Gasteiger partial charge is 0.335 e. The Morgan fingerprint density at radius 1 is 1.23 bits per heavy atom. The van der Waals surface area contributed by atoms with Crippen molar-refractivity contribution in [2.45, 2.75) is 32.7 Å². The molecule has 0 aliphatic carbocycles. The number of benzene rings is 1. The third kappa shape index (κ3) is 6.71. The molecule has 1 aromatic rings. The lowest BCUT2D eigenvalue weighted by atomic mass is 10.2. The Kier molecular flexibility index (Phi) is 7.04. The molecular formula is C15H20ClN3O3. The second kappa shape index (κ2) is 8.53. The minimum Gasteiger partial charge on any atom is -0.462 e. The highest BCUT2D eigenvalue weighted by atomic mass is 35.5. The molecule has 4 N–H and O–H groups in total. The van der Waals surface area contributed by atoms with Gasteiger partial charge in [-0.2, -0.15) is 0 Å². The van der Waals surface area contributed by atoms with Gasteiger partial charge in [0.15, 0.2) is 5.90 Å². The van der Waals surface area contributed by atoms with E-state index in [1.165, 1.54) is 0 Å². The number of aliphatic imine (C=N–C) groups is 1. The molecule has 0 radical (unpaired) electrons. The summed E-state index contributed by atoms with van der Waals surface area (Å²) in [5.74, 6) is -0.351. The summed E-state index contributed by atoms with van der Waals surface area (Å²) >= 11 is 5.82. The van der Waals surface area contributed by atoms with Gasteiger partial charge in [0.1, 0.15) is 12.5 Å². The van der Waals surface area contributed by atoms with Crippen LogP contribution in [0.4, 0.5) is 5.69 Å². The summed E-state index contributed by atoms with van der Waals surface area (Å²) in [6, 6.07) is 6.83. The van der Waals surface area contributed by atoms with Gasteiger partial charge in [-0.3, -0.25) is 11.5 Å². The Balaban J connectivity index is 2.86. The maximum atomic E-state index is 11.7. The van der Waals surface area contributed by atoms with Gasteiger partial charge >= 0.3 is 5.97 Å². The van der Waals surface area contributed by atoms with Crippen molar-refractivity contribution in [3.05, 3.63) is 41.4 Å². The Bertz CT molecular complexity index is 554. The third-order valence-electron chi connectivity index (χ3n) is 2.35. The van der Waals surface area contributed by atoms with Crippen molar-refractivity contribution in [1.29, 1.82) is 0 Å². The van der Waals surface area contributed by atoms with E-state index in [0.717, 1.165) is 0 Å². The van der Waals surface area contributed by atoms with Gasteiger partial charge in [0, 0.05) is 10.6 Å². The Labute approximate surface area is 134 Å². The molecule has 0 saturated carbocycles. The molecule has 0 saturated heterocycles. The van der Waals surface area contributed by atoms with Crippen LogP contribution in [0.25, 0.3) is 0 Å². The molecule has 0 heterocycles. The van der Waals surface area contributed by atoms with Crippen molar-refractivity contribution in [3.8, 4) is 0 Å². The Morgan fingerprint density at radius 2 is 1.77 bits per heavy atom. The fourth-order valence-corrected chi connectivity index (χ4v) is 1.61. The zero-order valence-electron chi connectivity index (χ0n) is 12.6. The minimum atomic E-state index is -0.713. The quantitative estimate of drug-likeness (QED) is 0.275. The van der Waals surface area contributed by atoms with Gasteiger partial charge in [-0.1, -0.05) is 18.2 Å². The van der Waals surface area contributed by atoms with Crippen LogP contribution in [0.1, 0.15) is 20.3 Å². The van der Waals surface area contributed by atoms with Gasteiger partial charge in [-0.25, -0.2) is 9.79 Å². The van der Waals surface area contributed by atoms with Gasteiger partial charge < -0.3 is 9.47 Å². The summed E-state index contributed by atoms with van der Waals surface area (Å²) in [5.41, 5.74) is 11.8. The SMILES string of the molecule is C=C(CC(=Nc1ccc(Cl)cc1)OC(C)N)C(=O)OC(C)N. The van der Waals surface area contributed by atoms with Crippen LogP contribution in [0.3, 0.4) is 0 Å². The van der Waals surface area contributed by atoms with Crippen LogP contribution in [-0.4, -0.2) is 24.3 Å². The van der Waals surface area contributed by atoms with E-state index in [1.54, 1.807) is 38.1 Å². The molecule has 0 aromatic heterocycles. The zero-order valence-corrected chi connectivity index (χ0v) is 13.3. The molecular weight excluding hydrogens is 306 g/mol. The molecule has 22 heavy (non-hydrogen) atoms. The summed E-state index contributed by atoms with van der Waals surface area (Å²) in [7, 11) is 0. The third-order valence-corrected chi connectivity index (χ3v) is 2.60. The van der Waals surface area contributed by atoms with E-state index in [0.29, 0.717) is 10.7 Å². The van der Waals surface area contributed by atoms with Crippen LogP contribution >= 0.6 is 11.6 Å². The number of nitrogens with two attached hydrogens (primary N) is 2. The van der Waals surface area contributed by atoms with Crippen molar-refractivity contribution in [3.63, 3.8) is 0 Å². The van der Waals surface area contributed by atoms with Gasteiger partial charge in [0.25, 0.3) is 0 Å². The average molecular weight is 326 g/mol. The highest BCUT2D eigenvalue weighted by Gasteiger charge is 2.15. The number of rotatable bonds is 6. The molecule has 0 bridgehead atoms. The van der Waals surface area contributed by atoms with Crippen molar-refractivity contribution < 1.29 is 14.3 Å². The van der Waals surface area contributed by atoms with Crippen molar-refractivity contribution in [1.82, 2.24) is 0 Å². The summed E-state index contributed by atoms with van der Waals surface area (Å²) in [6.45, 7) is 6.86. The zero-order chi connectivity index (χ0) is 16.7. The maximum Gasteiger partial charge on any atom is 0.335 e. The molecule has 1 aromatic carbocycles. The number of hydrogen-bond acceptors (Lipinski definition) is 6. The normalized spacial score (nSPS) is 14.1. The topological polar surface area (TPSA) is 99.9 Å². The van der Waals surface area contributed by atoms with E-state index in [4.69, 9.17) is 32.5 Å². The first kappa shape index (κ1) is 18.2. The summed E-state index contributed by atoms with van der Waals surface area (Å²) < 4.78 is 10.3. The second-order valence-electron chi connectivity index (χ2n) is 4.70. The van der Waals surface area contributed by atoms with Crippen LogP contribution in [0, 0.1) is 0 Å². The van der Waals surface area contributed by atoms with E-state index in [-0.39, 0.29) is 17.9 Å². The monoisotopic (exact) mass is 325 g/mol. The van der Waals surface area contributed by atoms with E-state index < -0.39 is 18.4 Å². The van der Waals surface area contributed by atoms with Gasteiger partial charge in [0.05, 0.1) is 12.1 Å². The number of halogens is 1. The molecule has 0 aliphatic rings. The number of nitrogens with zero attached hydrogens (tertiary/aromatic N) is 1. The van der Waals surface area contributed by atoms with Crippen LogP contribution in [0.5, 0.6) is 0 Å². The Hall–Kier alpha value is -1.89. The number of ether oxygens (including phenoxy) is 2. The highest BCUT2D eigenvalue weighted by Crippen LogP contribution is 2.18. The molecule has 0 aliphatic heterocycles. The lowest BCUT2D eigenvalue weighted by Gasteiger charge is -2.14. The summed E-state index contributed by atoms with van der Waals surface area (Å²) in [6.07, 6.45) is -1.23. The molecule has 2 unspecified atom stereocenters. The van der Waals surface area contributed by atoms with Crippen LogP contribution in [-0.2, 0) is 14.3 Å². The number of carbonyl (C=O) groups excluding carboxylic acids is 1. The minimum absolute atomic E-state index is 0.0652. The molecule has 1 rings (SSSR count). The predicted molar refractivity (Wildman–Crippen MR) is 86.8 cm³/mol. The molecule has 120 valence electrons. The molecule has 0 amide bonds. The van der Waals surface area contributed by atoms with Crippen LogP contribution in [0.15, 0.2) is 41.4 Å². The van der Waals surface area contributed by atoms with E-state index in [1.807, 2.05) is 0 Å². The highest BCUT2D eigenvalue weighted by molar-refractivity contribution is 6.30. The number of esters is 1. The van der Waals surface area contributed by atoms with E-state index in [9.17, 15) is 4.79 Å². The fourth-order valence-electron chi connectivity index (χ4n) is 1.49. The van der Waals surface area contributed by atoms with Crippen molar-refractivity contribution >= 4 is 29.2 Å². The van der Waals surface area contributed by atoms with Gasteiger partial charge in [-0.05, 0) is 38.1 Å². The maximum absolute atomic E-state index is 11.7. The van der Waals surface area contributed by atoms with E-state index in [2.05, 4.69) is 11.6 Å². The first-order chi connectivity index (χ1) is 10.3. The van der Waals surface area contributed by atoms with Crippen LogP contribution < -0.4 is 11.5 Å². The lowest BCUT2D eigenvalue weighted by Crippen LogP contribution is -2.27. The average Bonchev–Trinajstić information content (AvgIpc) is 2.39. The Morgan fingerprint density at radius 3 is 2.27 bits per heavy atom. The second-order valence-corrected chi connectivity index (χ2v) is 5.13. The first-order valence-electron chi connectivity index (χ1n) is 6.67. The lowest BCUT2D eigenvalue weighted by molar-refractivity contribution is -0.143. The van der Waals surface area contributed by atoms with Crippen LogP contribution in [0.2, 0.25) is 5.02 Å². The summed E-state index contributed by atoms with van der Waals surface area (Å²) in [5, 5.41) is 0.596. The largest absolute Gasteiger partial charge is 0.462 e. The number of hydrogen-bond donors (Lipinski definition) is 2. The van der Waals surface area contributed by atoms with Gasteiger partial charge in [-0.15, -0.1) is 0 Å². The molecule has 0 spiro atoms. The van der Waals surface area contributed by atoms with Crippen molar-refractivity contribution in [2.24, 2.45) is 16.5 Å². The van der Waals surface area contributed by atoms with Crippen molar-refractivity contribution in [2.75, 3.05) is 0 Å². The summed E-state index contributed by atoms with van der Waals surface area (Å²) in [4.78, 5) is 16.0. The standard InChI is InChI=1S/C15H20ClN3O3/c1-9(15(20)22-11(3)18)8-14(21-10(2)17)19-13-6-4-12(16)5-7-13/h4-7,10-11H,1,8,17-18H2,2-3H3. The molecule has 6 nitrogen and oxygen atoms in total. The number of carbonyl (C=O) groups is 1. The molecule has 0 fully saturated rings. The van der Waals surface area contributed by atoms with E-state index >= 15 is 0 Å². The fraction of sp³-hybridized carbons (Fsp3) is 0.333. The predicted octanol–water partition coefficient (Wildman–Crippen LogP) is 2.49. The molecule has 7 heteroatoms. The molecule has 2 atom stereocenters. The van der Waals surface area contributed by atoms with Gasteiger partial charge in [0.2, 0.25) is 0 Å².